The second-order valence-corrected chi connectivity index (χ2v) is 7.21. The lowest BCUT2D eigenvalue weighted by Gasteiger charge is -2.26. The number of nitrogens with two attached hydrogens (primary N) is 2. The van der Waals surface area contributed by atoms with E-state index in [1.807, 2.05) is 61.0 Å². The standard InChI is InChI=1S/C22H28N4/c23-21-9-5-19(6-10-21)15-25-13-17-1-2-18(4-3-17)14-26-16-20-7-11-22(24)12-8-20/h5-12,15-18H,1-4,13-14,23-24H2. The lowest BCUT2D eigenvalue weighted by Crippen LogP contribution is -2.18. The molecule has 0 bridgehead atoms. The van der Waals surface area contributed by atoms with Crippen LogP contribution < -0.4 is 11.5 Å². The van der Waals surface area contributed by atoms with Crippen LogP contribution in [0.25, 0.3) is 0 Å². The fourth-order valence-electron chi connectivity index (χ4n) is 3.38. The Labute approximate surface area is 156 Å². The highest BCUT2D eigenvalue weighted by molar-refractivity contribution is 5.80. The van der Waals surface area contributed by atoms with Gasteiger partial charge >= 0.3 is 0 Å². The van der Waals surface area contributed by atoms with Crippen molar-refractivity contribution in [1.82, 2.24) is 0 Å². The monoisotopic (exact) mass is 348 g/mol. The number of benzene rings is 2. The summed E-state index contributed by atoms with van der Waals surface area (Å²) in [4.78, 5) is 9.25. The van der Waals surface area contributed by atoms with Gasteiger partial charge < -0.3 is 11.5 Å². The van der Waals surface area contributed by atoms with E-state index in [9.17, 15) is 0 Å². The number of nitrogen functional groups attached to an aromatic ring is 2. The number of nitrogens with zero attached hydrogens (tertiary/aromatic N) is 2. The Morgan fingerprint density at radius 2 is 1.00 bits per heavy atom. The highest BCUT2D eigenvalue weighted by Crippen LogP contribution is 2.29. The smallest absolute Gasteiger partial charge is 0.0417 e. The molecule has 1 fully saturated rings. The van der Waals surface area contributed by atoms with Gasteiger partial charge in [-0.05, 0) is 72.9 Å². The first-order valence-electron chi connectivity index (χ1n) is 9.40. The molecule has 0 atom stereocenters. The summed E-state index contributed by atoms with van der Waals surface area (Å²) in [6, 6.07) is 15.7. The van der Waals surface area contributed by atoms with Gasteiger partial charge in [0.25, 0.3) is 0 Å². The zero-order valence-corrected chi connectivity index (χ0v) is 15.2. The van der Waals surface area contributed by atoms with Crippen LogP contribution in [0.1, 0.15) is 36.8 Å². The highest BCUT2D eigenvalue weighted by atomic mass is 14.7. The Bertz CT molecular complexity index is 658. The van der Waals surface area contributed by atoms with Crippen LogP contribution >= 0.6 is 0 Å². The Morgan fingerprint density at radius 1 is 0.654 bits per heavy atom. The van der Waals surface area contributed by atoms with Gasteiger partial charge in [0.1, 0.15) is 0 Å². The van der Waals surface area contributed by atoms with E-state index >= 15 is 0 Å². The van der Waals surface area contributed by atoms with Crippen LogP contribution in [0, 0.1) is 11.8 Å². The molecule has 1 aliphatic carbocycles. The summed E-state index contributed by atoms with van der Waals surface area (Å²) in [7, 11) is 0. The molecule has 136 valence electrons. The Morgan fingerprint density at radius 3 is 1.35 bits per heavy atom. The molecule has 0 aromatic heterocycles. The number of hydrogen-bond acceptors (Lipinski definition) is 4. The number of hydrogen-bond donors (Lipinski definition) is 2. The molecule has 4 N–H and O–H groups in total. The highest BCUT2D eigenvalue weighted by Gasteiger charge is 2.20. The molecule has 26 heavy (non-hydrogen) atoms. The summed E-state index contributed by atoms with van der Waals surface area (Å²) in [6.45, 7) is 1.84. The summed E-state index contributed by atoms with van der Waals surface area (Å²) in [5.41, 5.74) is 15.2. The molecule has 0 amide bonds. The predicted octanol–water partition coefficient (Wildman–Crippen LogP) is 4.20. The normalized spacial score (nSPS) is 20.8. The molecule has 1 aliphatic rings. The molecule has 0 aliphatic heterocycles. The van der Waals surface area contributed by atoms with E-state index in [2.05, 4.69) is 9.98 Å². The Hall–Kier alpha value is -2.62. The zero-order chi connectivity index (χ0) is 18.2. The van der Waals surface area contributed by atoms with Crippen molar-refractivity contribution >= 4 is 23.8 Å². The maximum atomic E-state index is 5.70. The topological polar surface area (TPSA) is 76.8 Å². The average molecular weight is 348 g/mol. The summed E-state index contributed by atoms with van der Waals surface area (Å²) < 4.78 is 0. The van der Waals surface area contributed by atoms with Crippen molar-refractivity contribution in [3.05, 3.63) is 59.7 Å². The van der Waals surface area contributed by atoms with Crippen LogP contribution in [-0.2, 0) is 0 Å². The molecular formula is C22H28N4. The first-order chi connectivity index (χ1) is 12.7. The van der Waals surface area contributed by atoms with Crippen LogP contribution in [-0.4, -0.2) is 25.5 Å². The van der Waals surface area contributed by atoms with Gasteiger partial charge in [-0.1, -0.05) is 24.3 Å². The third-order valence-electron chi connectivity index (χ3n) is 5.05. The Kier molecular flexibility index (Phi) is 6.42. The van der Waals surface area contributed by atoms with Crippen molar-refractivity contribution < 1.29 is 0 Å². The van der Waals surface area contributed by atoms with E-state index in [0.717, 1.165) is 35.6 Å². The molecule has 0 saturated heterocycles. The minimum absolute atomic E-state index is 0.706. The van der Waals surface area contributed by atoms with Gasteiger partial charge in [-0.2, -0.15) is 0 Å². The molecule has 0 spiro atoms. The molecule has 1 saturated carbocycles. The third-order valence-corrected chi connectivity index (χ3v) is 5.05. The average Bonchev–Trinajstić information content (AvgIpc) is 2.66. The van der Waals surface area contributed by atoms with Crippen molar-refractivity contribution in [2.24, 2.45) is 21.8 Å². The van der Waals surface area contributed by atoms with Crippen LogP contribution in [0.3, 0.4) is 0 Å². The van der Waals surface area contributed by atoms with Crippen LogP contribution in [0.4, 0.5) is 11.4 Å². The molecule has 0 unspecified atom stereocenters. The molecular weight excluding hydrogens is 320 g/mol. The van der Waals surface area contributed by atoms with E-state index in [0.29, 0.717) is 11.8 Å². The minimum Gasteiger partial charge on any atom is -0.399 e. The predicted molar refractivity (Wildman–Crippen MR) is 112 cm³/mol. The first-order valence-corrected chi connectivity index (χ1v) is 9.40. The van der Waals surface area contributed by atoms with Gasteiger partial charge in [0, 0.05) is 36.9 Å². The molecule has 3 rings (SSSR count). The van der Waals surface area contributed by atoms with Crippen molar-refractivity contribution in [2.45, 2.75) is 25.7 Å². The summed E-state index contributed by atoms with van der Waals surface area (Å²) in [5.74, 6) is 1.41. The molecule has 4 nitrogen and oxygen atoms in total. The zero-order valence-electron chi connectivity index (χ0n) is 15.2. The maximum absolute atomic E-state index is 5.70. The quantitative estimate of drug-likeness (QED) is 0.606. The fourth-order valence-corrected chi connectivity index (χ4v) is 3.38. The van der Waals surface area contributed by atoms with Gasteiger partial charge in [-0.25, -0.2) is 0 Å². The van der Waals surface area contributed by atoms with Gasteiger partial charge in [0.05, 0.1) is 0 Å². The van der Waals surface area contributed by atoms with E-state index in [4.69, 9.17) is 11.5 Å². The summed E-state index contributed by atoms with van der Waals surface area (Å²) >= 11 is 0. The van der Waals surface area contributed by atoms with Gasteiger partial charge in [-0.15, -0.1) is 0 Å². The molecule has 0 radical (unpaired) electrons. The van der Waals surface area contributed by atoms with Crippen molar-refractivity contribution in [2.75, 3.05) is 24.6 Å². The van der Waals surface area contributed by atoms with Crippen molar-refractivity contribution in [3.63, 3.8) is 0 Å². The molecule has 4 heteroatoms. The molecule has 0 heterocycles. The summed E-state index contributed by atoms with van der Waals surface area (Å²) in [5, 5.41) is 0. The van der Waals surface area contributed by atoms with Crippen LogP contribution in [0.2, 0.25) is 0 Å². The maximum Gasteiger partial charge on any atom is 0.0417 e. The third kappa shape index (κ3) is 5.73. The van der Waals surface area contributed by atoms with Crippen molar-refractivity contribution in [3.8, 4) is 0 Å². The SMILES string of the molecule is Nc1ccc(C=NCC2CCC(CN=Cc3ccc(N)cc3)CC2)cc1. The Balaban J connectivity index is 1.37. The van der Waals surface area contributed by atoms with E-state index in [1.165, 1.54) is 25.7 Å². The van der Waals surface area contributed by atoms with E-state index in [-0.39, 0.29) is 0 Å². The second-order valence-electron chi connectivity index (χ2n) is 7.21. The number of rotatable bonds is 6. The van der Waals surface area contributed by atoms with Crippen LogP contribution in [0.15, 0.2) is 58.5 Å². The van der Waals surface area contributed by atoms with Gasteiger partial charge in [-0.3, -0.25) is 9.98 Å². The fraction of sp³-hybridized carbons (Fsp3) is 0.364. The van der Waals surface area contributed by atoms with E-state index < -0.39 is 0 Å². The van der Waals surface area contributed by atoms with Gasteiger partial charge in [0.15, 0.2) is 0 Å². The number of anilines is 2. The molecule has 2 aromatic rings. The van der Waals surface area contributed by atoms with Crippen molar-refractivity contribution in [1.29, 1.82) is 0 Å². The van der Waals surface area contributed by atoms with Crippen LogP contribution in [0.5, 0.6) is 0 Å². The lowest BCUT2D eigenvalue weighted by molar-refractivity contribution is 0.286. The first kappa shape index (κ1) is 18.2. The molecule has 2 aromatic carbocycles. The largest absolute Gasteiger partial charge is 0.399 e. The minimum atomic E-state index is 0.706. The second kappa shape index (κ2) is 9.18. The van der Waals surface area contributed by atoms with Gasteiger partial charge in [0.2, 0.25) is 0 Å². The summed E-state index contributed by atoms with van der Waals surface area (Å²) in [6.07, 6.45) is 8.93. The van der Waals surface area contributed by atoms with E-state index in [1.54, 1.807) is 0 Å². The lowest BCUT2D eigenvalue weighted by atomic mass is 9.82. The number of aliphatic imine (C=N–C) groups is 2.